The summed E-state index contributed by atoms with van der Waals surface area (Å²) >= 11 is 0. The standard InChI is InChI=1S/C35H52FN5O7/c1-7-9-10-11-12-13-14-15-16-17-18-19-20-45-34(44)39-29-28-30(40-33(36)38-29)41(23-37-28)27-21-26(47-32(43)25(5)6)35(8-2,48-27)22-46-31(42)24(3)4/h2,23-27H,7,9-22H2,1,3-6H3,(H,38,39,40,44)/t26-,27+,35+/m0/s1. The zero-order valence-corrected chi connectivity index (χ0v) is 29.1. The SMILES string of the molecule is C#C[C@]1(COC(=O)C(C)C)O[C@@H](n2cnc3c(NC(=O)OCCCCCCCCCCCCCC)nc(F)nc32)C[C@@H]1OC(=O)C(C)C. The topological polar surface area (TPSA) is 144 Å². The third-order valence-corrected chi connectivity index (χ3v) is 8.31. The minimum absolute atomic E-state index is 0.00434. The summed E-state index contributed by atoms with van der Waals surface area (Å²) in [6.07, 6.45) is 17.7. The number of esters is 2. The number of hydrogen-bond acceptors (Lipinski definition) is 10. The Labute approximate surface area is 283 Å². The number of nitrogens with one attached hydrogen (secondary N) is 1. The molecule has 3 heterocycles. The van der Waals surface area contributed by atoms with E-state index in [-0.39, 0.29) is 36.6 Å². The van der Waals surface area contributed by atoms with Crippen molar-refractivity contribution in [3.05, 3.63) is 12.4 Å². The van der Waals surface area contributed by atoms with Crippen molar-refractivity contribution in [3.63, 3.8) is 0 Å². The maximum Gasteiger partial charge on any atom is 0.412 e. The van der Waals surface area contributed by atoms with E-state index in [1.54, 1.807) is 27.7 Å². The van der Waals surface area contributed by atoms with Crippen molar-refractivity contribution in [1.82, 2.24) is 19.5 Å². The Morgan fingerprint density at radius 2 is 1.58 bits per heavy atom. The molecule has 3 rings (SSSR count). The van der Waals surface area contributed by atoms with Crippen LogP contribution in [-0.2, 0) is 28.5 Å². The van der Waals surface area contributed by atoms with E-state index in [0.717, 1.165) is 19.3 Å². The number of ether oxygens (including phenoxy) is 4. The number of carbonyl (C=O) groups is 3. The number of imidazole rings is 1. The number of rotatable bonds is 20. The van der Waals surface area contributed by atoms with Gasteiger partial charge in [0.1, 0.15) is 18.9 Å². The summed E-state index contributed by atoms with van der Waals surface area (Å²) in [6.45, 7) is 8.77. The van der Waals surface area contributed by atoms with E-state index in [1.807, 2.05) is 0 Å². The van der Waals surface area contributed by atoms with Crippen molar-refractivity contribution in [2.75, 3.05) is 18.5 Å². The van der Waals surface area contributed by atoms with Gasteiger partial charge in [-0.15, -0.1) is 6.42 Å². The third-order valence-electron chi connectivity index (χ3n) is 8.31. The van der Waals surface area contributed by atoms with Crippen molar-refractivity contribution in [3.8, 4) is 12.3 Å². The number of terminal acetylenes is 1. The highest BCUT2D eigenvalue weighted by Crippen LogP contribution is 2.40. The van der Waals surface area contributed by atoms with Gasteiger partial charge in [-0.25, -0.2) is 9.78 Å². The number of nitrogens with zero attached hydrogens (tertiary/aromatic N) is 4. The van der Waals surface area contributed by atoms with Crippen LogP contribution >= 0.6 is 0 Å². The number of halogens is 1. The molecule has 0 saturated carbocycles. The second kappa shape index (κ2) is 19.3. The van der Waals surface area contributed by atoms with Crippen molar-refractivity contribution in [2.24, 2.45) is 11.8 Å². The third kappa shape index (κ3) is 11.1. The Bertz CT molecular complexity index is 1390. The smallest absolute Gasteiger partial charge is 0.412 e. The Balaban J connectivity index is 1.58. The van der Waals surface area contributed by atoms with Gasteiger partial charge in [-0.2, -0.15) is 14.4 Å². The van der Waals surface area contributed by atoms with Crippen molar-refractivity contribution in [2.45, 2.75) is 136 Å². The van der Waals surface area contributed by atoms with Gasteiger partial charge in [-0.1, -0.05) is 111 Å². The molecule has 2 aromatic rings. The second-order valence-corrected chi connectivity index (χ2v) is 13.0. The van der Waals surface area contributed by atoms with Crippen LogP contribution in [0.15, 0.2) is 6.33 Å². The van der Waals surface area contributed by atoms with E-state index in [1.165, 1.54) is 68.7 Å². The lowest BCUT2D eigenvalue weighted by molar-refractivity contribution is -0.170. The van der Waals surface area contributed by atoms with Gasteiger partial charge < -0.3 is 18.9 Å². The van der Waals surface area contributed by atoms with Crippen LogP contribution in [0.3, 0.4) is 0 Å². The Kier molecular flexibility index (Phi) is 15.5. The molecular formula is C35H52FN5O7. The minimum Gasteiger partial charge on any atom is -0.461 e. The molecule has 266 valence electrons. The van der Waals surface area contributed by atoms with E-state index in [4.69, 9.17) is 25.4 Å². The molecule has 1 aliphatic rings. The van der Waals surface area contributed by atoms with Crippen LogP contribution in [0.25, 0.3) is 11.2 Å². The molecule has 1 fully saturated rings. The van der Waals surface area contributed by atoms with E-state index >= 15 is 0 Å². The monoisotopic (exact) mass is 673 g/mol. The number of amides is 1. The first-order valence-electron chi connectivity index (χ1n) is 17.4. The van der Waals surface area contributed by atoms with Gasteiger partial charge in [0.15, 0.2) is 17.0 Å². The first-order chi connectivity index (χ1) is 23.0. The molecule has 3 atom stereocenters. The predicted molar refractivity (Wildman–Crippen MR) is 178 cm³/mol. The number of fused-ring (bicyclic) bond motifs is 1. The van der Waals surface area contributed by atoms with Crippen molar-refractivity contribution in [1.29, 1.82) is 0 Å². The summed E-state index contributed by atoms with van der Waals surface area (Å²) in [4.78, 5) is 49.2. The van der Waals surface area contributed by atoms with Crippen molar-refractivity contribution >= 4 is 35.0 Å². The molecule has 13 heteroatoms. The summed E-state index contributed by atoms with van der Waals surface area (Å²) in [5.41, 5.74) is -1.53. The zero-order valence-electron chi connectivity index (χ0n) is 29.1. The molecule has 2 aromatic heterocycles. The molecule has 1 saturated heterocycles. The number of anilines is 1. The van der Waals surface area contributed by atoms with Gasteiger partial charge >= 0.3 is 24.1 Å². The molecule has 0 unspecified atom stereocenters. The summed E-state index contributed by atoms with van der Waals surface area (Å²) in [6, 6.07) is 0. The van der Waals surface area contributed by atoms with Crippen LogP contribution in [-0.4, -0.2) is 62.5 Å². The number of hydrogen-bond donors (Lipinski definition) is 1. The number of carbonyl (C=O) groups excluding carboxylic acids is 3. The van der Waals surface area contributed by atoms with Gasteiger partial charge in [-0.05, 0) is 6.42 Å². The predicted octanol–water partition coefficient (Wildman–Crippen LogP) is 7.27. The van der Waals surface area contributed by atoms with Gasteiger partial charge in [0.25, 0.3) is 0 Å². The Hall–Kier alpha value is -3.79. The first-order valence-corrected chi connectivity index (χ1v) is 17.4. The number of aromatic nitrogens is 4. The van der Waals surface area contributed by atoms with Crippen LogP contribution in [0.5, 0.6) is 0 Å². The van der Waals surface area contributed by atoms with Gasteiger partial charge in [0, 0.05) is 6.42 Å². The van der Waals surface area contributed by atoms with Gasteiger partial charge in [-0.3, -0.25) is 19.5 Å². The zero-order chi connectivity index (χ0) is 35.1. The van der Waals surface area contributed by atoms with Gasteiger partial charge in [0.05, 0.1) is 24.8 Å². The Morgan fingerprint density at radius 1 is 0.979 bits per heavy atom. The molecular weight excluding hydrogens is 621 g/mol. The molecule has 0 bridgehead atoms. The average Bonchev–Trinajstić information content (AvgIpc) is 3.63. The highest BCUT2D eigenvalue weighted by atomic mass is 19.1. The largest absolute Gasteiger partial charge is 0.461 e. The Morgan fingerprint density at radius 3 is 2.17 bits per heavy atom. The van der Waals surface area contributed by atoms with Crippen LogP contribution in [0.1, 0.15) is 124 Å². The molecule has 0 aliphatic carbocycles. The first kappa shape index (κ1) is 38.7. The molecule has 1 aliphatic heterocycles. The number of unbranched alkanes of at least 4 members (excludes halogenated alkanes) is 11. The van der Waals surface area contributed by atoms with E-state index < -0.39 is 53.9 Å². The lowest BCUT2D eigenvalue weighted by Crippen LogP contribution is -2.46. The molecule has 48 heavy (non-hydrogen) atoms. The van der Waals surface area contributed by atoms with Gasteiger partial charge in [0.2, 0.25) is 5.60 Å². The van der Waals surface area contributed by atoms with Crippen LogP contribution < -0.4 is 5.32 Å². The minimum atomic E-state index is -1.62. The lowest BCUT2D eigenvalue weighted by Gasteiger charge is -2.29. The van der Waals surface area contributed by atoms with Crippen molar-refractivity contribution < 1.29 is 37.7 Å². The van der Waals surface area contributed by atoms with Crippen LogP contribution in [0, 0.1) is 30.3 Å². The summed E-state index contributed by atoms with van der Waals surface area (Å²) in [5, 5.41) is 2.46. The van der Waals surface area contributed by atoms with Crippen LogP contribution in [0.4, 0.5) is 15.0 Å². The summed E-state index contributed by atoms with van der Waals surface area (Å²) in [5.74, 6) is 0.438. The maximum atomic E-state index is 14.6. The fourth-order valence-electron chi connectivity index (χ4n) is 5.40. The second-order valence-electron chi connectivity index (χ2n) is 13.0. The normalized spacial score (nSPS) is 19.1. The fraction of sp³-hybridized carbons (Fsp3) is 0.714. The highest BCUT2D eigenvalue weighted by molar-refractivity contribution is 5.93. The quantitative estimate of drug-likeness (QED) is 0.0501. The molecule has 0 aromatic carbocycles. The molecule has 12 nitrogen and oxygen atoms in total. The molecule has 1 amide bonds. The fourth-order valence-corrected chi connectivity index (χ4v) is 5.40. The maximum absolute atomic E-state index is 14.6. The molecule has 1 N–H and O–H groups in total. The van der Waals surface area contributed by atoms with Crippen LogP contribution in [0.2, 0.25) is 0 Å². The van der Waals surface area contributed by atoms with E-state index in [9.17, 15) is 18.8 Å². The average molecular weight is 674 g/mol. The molecule has 0 radical (unpaired) electrons. The van der Waals surface area contributed by atoms with E-state index in [0.29, 0.717) is 0 Å². The van der Waals surface area contributed by atoms with E-state index in [2.05, 4.69) is 33.1 Å². The highest BCUT2D eigenvalue weighted by Gasteiger charge is 2.52. The summed E-state index contributed by atoms with van der Waals surface area (Å²) < 4.78 is 38.7. The lowest BCUT2D eigenvalue weighted by atomic mass is 9.98. The molecule has 0 spiro atoms. The summed E-state index contributed by atoms with van der Waals surface area (Å²) in [7, 11) is 0.